The first-order valence-corrected chi connectivity index (χ1v) is 4.85. The molecule has 0 radical (unpaired) electrons. The summed E-state index contributed by atoms with van der Waals surface area (Å²) < 4.78 is 5.17. The van der Waals surface area contributed by atoms with Gasteiger partial charge in [-0.05, 0) is 6.42 Å². The van der Waals surface area contributed by atoms with Crippen molar-refractivity contribution in [3.8, 4) is 0 Å². The molecule has 0 aliphatic carbocycles. The van der Waals surface area contributed by atoms with Crippen LogP contribution < -0.4 is 10.6 Å². The fraction of sp³-hybridized carbons (Fsp3) is 0.556. The molecule has 1 aromatic heterocycles. The molecular formula is C9H14N4O2. The van der Waals surface area contributed by atoms with E-state index in [1.165, 1.54) is 0 Å². The first-order chi connectivity index (χ1) is 7.29. The second kappa shape index (κ2) is 4.41. The summed E-state index contributed by atoms with van der Waals surface area (Å²) in [5, 5.41) is 12.2. The molecule has 0 spiro atoms. The molecule has 0 aromatic carbocycles. The molecule has 0 unspecified atom stereocenters. The maximum atomic E-state index is 11.7. The standard InChI is InChI=1S/C9H14N4O2/c1-15-7-2-8(10-5-7)9(14)13-6-3-11-12-4-6/h3-4,7-8,10H,2,5H2,1H3,(H,11,12)(H,13,14)/t7-,8-/m0/s1. The Kier molecular flexibility index (Phi) is 2.98. The highest BCUT2D eigenvalue weighted by atomic mass is 16.5. The molecule has 2 atom stereocenters. The van der Waals surface area contributed by atoms with E-state index < -0.39 is 0 Å². The van der Waals surface area contributed by atoms with Crippen LogP contribution in [0.2, 0.25) is 0 Å². The van der Waals surface area contributed by atoms with Gasteiger partial charge in [0, 0.05) is 19.9 Å². The zero-order valence-electron chi connectivity index (χ0n) is 8.49. The number of anilines is 1. The van der Waals surface area contributed by atoms with Gasteiger partial charge in [-0.2, -0.15) is 5.10 Å². The van der Waals surface area contributed by atoms with Crippen molar-refractivity contribution in [1.29, 1.82) is 0 Å². The zero-order valence-corrected chi connectivity index (χ0v) is 8.49. The van der Waals surface area contributed by atoms with Gasteiger partial charge in [-0.15, -0.1) is 0 Å². The van der Waals surface area contributed by atoms with Crippen molar-refractivity contribution in [3.05, 3.63) is 12.4 Å². The molecule has 6 heteroatoms. The SMILES string of the molecule is CO[C@@H]1CN[C@H](C(=O)Nc2cn[nH]c2)C1. The van der Waals surface area contributed by atoms with Crippen molar-refractivity contribution in [2.45, 2.75) is 18.6 Å². The van der Waals surface area contributed by atoms with Gasteiger partial charge in [-0.25, -0.2) is 0 Å². The third-order valence-corrected chi connectivity index (χ3v) is 2.51. The lowest BCUT2D eigenvalue weighted by Gasteiger charge is -2.09. The van der Waals surface area contributed by atoms with Crippen molar-refractivity contribution < 1.29 is 9.53 Å². The van der Waals surface area contributed by atoms with E-state index in [0.717, 1.165) is 6.54 Å². The molecule has 0 saturated carbocycles. The third-order valence-electron chi connectivity index (χ3n) is 2.51. The molecule has 3 N–H and O–H groups in total. The number of amides is 1. The van der Waals surface area contributed by atoms with Crippen LogP contribution in [0.4, 0.5) is 5.69 Å². The van der Waals surface area contributed by atoms with Gasteiger partial charge in [0.2, 0.25) is 5.91 Å². The Bertz CT molecular complexity index is 325. The van der Waals surface area contributed by atoms with Crippen molar-refractivity contribution in [2.75, 3.05) is 19.0 Å². The number of aromatic amines is 1. The smallest absolute Gasteiger partial charge is 0.241 e. The van der Waals surface area contributed by atoms with Crippen LogP contribution in [0.25, 0.3) is 0 Å². The van der Waals surface area contributed by atoms with Gasteiger partial charge in [0.05, 0.1) is 24.0 Å². The topological polar surface area (TPSA) is 79.0 Å². The molecule has 0 bridgehead atoms. The van der Waals surface area contributed by atoms with Crippen LogP contribution in [0.3, 0.4) is 0 Å². The van der Waals surface area contributed by atoms with Crippen molar-refractivity contribution in [1.82, 2.24) is 15.5 Å². The van der Waals surface area contributed by atoms with Gasteiger partial charge in [0.25, 0.3) is 0 Å². The average molecular weight is 210 g/mol. The molecule has 6 nitrogen and oxygen atoms in total. The normalized spacial score (nSPS) is 25.4. The van der Waals surface area contributed by atoms with Crippen LogP contribution in [0, 0.1) is 0 Å². The monoisotopic (exact) mass is 210 g/mol. The highest BCUT2D eigenvalue weighted by Gasteiger charge is 2.29. The van der Waals surface area contributed by atoms with Crippen LogP contribution in [-0.4, -0.2) is 41.9 Å². The second-order valence-electron chi connectivity index (χ2n) is 3.53. The number of hydrogen-bond acceptors (Lipinski definition) is 4. The third kappa shape index (κ3) is 2.34. The summed E-state index contributed by atoms with van der Waals surface area (Å²) in [6.45, 7) is 0.722. The number of methoxy groups -OCH3 is 1. The zero-order chi connectivity index (χ0) is 10.7. The first kappa shape index (κ1) is 10.1. The van der Waals surface area contributed by atoms with Crippen LogP contribution in [0.15, 0.2) is 12.4 Å². The molecular weight excluding hydrogens is 196 g/mol. The minimum absolute atomic E-state index is 0.0454. The molecule has 1 aliphatic rings. The largest absolute Gasteiger partial charge is 0.380 e. The Morgan fingerprint density at radius 3 is 3.20 bits per heavy atom. The van der Waals surface area contributed by atoms with Crippen molar-refractivity contribution >= 4 is 11.6 Å². The quantitative estimate of drug-likeness (QED) is 0.641. The molecule has 1 amide bonds. The molecule has 2 rings (SSSR count). The fourth-order valence-corrected chi connectivity index (χ4v) is 1.63. The Balaban J connectivity index is 1.87. The summed E-state index contributed by atoms with van der Waals surface area (Å²) in [7, 11) is 1.66. The minimum atomic E-state index is -0.176. The highest BCUT2D eigenvalue weighted by Crippen LogP contribution is 2.11. The van der Waals surface area contributed by atoms with Crippen molar-refractivity contribution in [2.24, 2.45) is 0 Å². The van der Waals surface area contributed by atoms with E-state index in [4.69, 9.17) is 4.74 Å². The lowest BCUT2D eigenvalue weighted by molar-refractivity contribution is -0.118. The summed E-state index contributed by atoms with van der Waals surface area (Å²) in [6, 6.07) is -0.176. The highest BCUT2D eigenvalue weighted by molar-refractivity contribution is 5.94. The van der Waals surface area contributed by atoms with E-state index in [1.54, 1.807) is 19.5 Å². The van der Waals surface area contributed by atoms with E-state index in [0.29, 0.717) is 12.1 Å². The first-order valence-electron chi connectivity index (χ1n) is 4.85. The van der Waals surface area contributed by atoms with Crippen LogP contribution in [-0.2, 0) is 9.53 Å². The summed E-state index contributed by atoms with van der Waals surface area (Å²) in [5.74, 6) is -0.0454. The molecule has 15 heavy (non-hydrogen) atoms. The Morgan fingerprint density at radius 2 is 2.60 bits per heavy atom. The van der Waals surface area contributed by atoms with Gasteiger partial charge in [-0.3, -0.25) is 9.89 Å². The van der Waals surface area contributed by atoms with Gasteiger partial charge in [0.1, 0.15) is 0 Å². The Morgan fingerprint density at radius 1 is 1.73 bits per heavy atom. The second-order valence-corrected chi connectivity index (χ2v) is 3.53. The number of carbonyl (C=O) groups is 1. The molecule has 1 saturated heterocycles. The number of nitrogens with one attached hydrogen (secondary N) is 3. The van der Waals surface area contributed by atoms with Crippen LogP contribution >= 0.6 is 0 Å². The number of carbonyl (C=O) groups excluding carboxylic acids is 1. The van der Waals surface area contributed by atoms with Crippen LogP contribution in [0.5, 0.6) is 0 Å². The fourth-order valence-electron chi connectivity index (χ4n) is 1.63. The maximum Gasteiger partial charge on any atom is 0.241 e. The van der Waals surface area contributed by atoms with Gasteiger partial charge in [0.15, 0.2) is 0 Å². The van der Waals surface area contributed by atoms with E-state index >= 15 is 0 Å². The Labute approximate surface area is 87.4 Å². The van der Waals surface area contributed by atoms with Gasteiger partial charge < -0.3 is 15.4 Å². The number of nitrogens with zero attached hydrogens (tertiary/aromatic N) is 1. The van der Waals surface area contributed by atoms with Crippen molar-refractivity contribution in [3.63, 3.8) is 0 Å². The van der Waals surface area contributed by atoms with E-state index in [2.05, 4.69) is 20.8 Å². The average Bonchev–Trinajstić information content (AvgIpc) is 2.86. The van der Waals surface area contributed by atoms with Gasteiger partial charge >= 0.3 is 0 Å². The van der Waals surface area contributed by atoms with E-state index in [-0.39, 0.29) is 18.1 Å². The summed E-state index contributed by atoms with van der Waals surface area (Å²) in [5.41, 5.74) is 0.683. The summed E-state index contributed by atoms with van der Waals surface area (Å²) >= 11 is 0. The predicted molar refractivity (Wildman–Crippen MR) is 54.4 cm³/mol. The Hall–Kier alpha value is -1.40. The number of aromatic nitrogens is 2. The van der Waals surface area contributed by atoms with Crippen LogP contribution in [0.1, 0.15) is 6.42 Å². The number of rotatable bonds is 3. The van der Waals surface area contributed by atoms with Gasteiger partial charge in [-0.1, -0.05) is 0 Å². The molecule has 82 valence electrons. The minimum Gasteiger partial charge on any atom is -0.380 e. The molecule has 1 fully saturated rings. The molecule has 1 aliphatic heterocycles. The summed E-state index contributed by atoms with van der Waals surface area (Å²) in [6.07, 6.45) is 4.05. The lowest BCUT2D eigenvalue weighted by Crippen LogP contribution is -2.35. The van der Waals surface area contributed by atoms with E-state index in [9.17, 15) is 4.79 Å². The summed E-state index contributed by atoms with van der Waals surface area (Å²) in [4.78, 5) is 11.7. The number of ether oxygens (including phenoxy) is 1. The predicted octanol–water partition coefficient (Wildman–Crippen LogP) is -0.275. The number of hydrogen-bond donors (Lipinski definition) is 3. The lowest BCUT2D eigenvalue weighted by atomic mass is 10.2. The maximum absolute atomic E-state index is 11.7. The molecule has 2 heterocycles. The van der Waals surface area contributed by atoms with E-state index in [1.807, 2.05) is 0 Å². The number of H-pyrrole nitrogens is 1. The molecule has 1 aromatic rings.